The average Bonchev–Trinajstić information content (AvgIpc) is 1.88. The molecule has 0 heterocycles. The minimum Gasteiger partial charge on any atom is -0.507 e. The number of hydrogen-bond acceptors (Lipinski definition) is 2. The quantitative estimate of drug-likeness (QED) is 0.708. The SMILES string of the molecule is O.O=C(O)c1ccccc1O.[Ba]. The molecule has 0 aromatic heterocycles. The molecule has 0 unspecified atom stereocenters. The molecule has 12 heavy (non-hydrogen) atoms. The molecular formula is C7H8BaO4. The Morgan fingerprint density at radius 1 is 1.25 bits per heavy atom. The first kappa shape index (κ1) is 14.5. The summed E-state index contributed by atoms with van der Waals surface area (Å²) < 4.78 is 0. The maximum absolute atomic E-state index is 10.3. The maximum atomic E-state index is 10.3. The van der Waals surface area contributed by atoms with Crippen molar-refractivity contribution in [1.82, 2.24) is 0 Å². The van der Waals surface area contributed by atoms with Crippen molar-refractivity contribution in [2.24, 2.45) is 0 Å². The van der Waals surface area contributed by atoms with Crippen LogP contribution in [-0.4, -0.2) is 70.5 Å². The molecule has 1 rings (SSSR count). The summed E-state index contributed by atoms with van der Waals surface area (Å²) >= 11 is 0. The number of phenols is 1. The zero-order chi connectivity index (χ0) is 7.56. The summed E-state index contributed by atoms with van der Waals surface area (Å²) in [5.74, 6) is -1.31. The van der Waals surface area contributed by atoms with Gasteiger partial charge in [0.2, 0.25) is 0 Å². The summed E-state index contributed by atoms with van der Waals surface area (Å²) in [5, 5.41) is 17.3. The Hall–Kier alpha value is 0.0214. The van der Waals surface area contributed by atoms with E-state index in [1.165, 1.54) is 12.1 Å². The third-order valence-corrected chi connectivity index (χ3v) is 1.13. The molecule has 0 saturated carbocycles. The van der Waals surface area contributed by atoms with Crippen molar-refractivity contribution in [1.29, 1.82) is 0 Å². The molecule has 0 spiro atoms. The molecule has 1 aromatic rings. The van der Waals surface area contributed by atoms with Crippen molar-refractivity contribution in [3.8, 4) is 5.75 Å². The molecule has 5 heteroatoms. The number of hydrogen-bond donors (Lipinski definition) is 2. The maximum Gasteiger partial charge on any atom is 0.339 e. The van der Waals surface area contributed by atoms with Gasteiger partial charge in [-0.05, 0) is 12.1 Å². The fourth-order valence-corrected chi connectivity index (χ4v) is 0.654. The predicted molar refractivity (Wildman–Crippen MR) is 44.4 cm³/mol. The fourth-order valence-electron chi connectivity index (χ4n) is 0.654. The van der Waals surface area contributed by atoms with Gasteiger partial charge in [0.05, 0.1) is 0 Å². The van der Waals surface area contributed by atoms with Crippen molar-refractivity contribution in [2.45, 2.75) is 0 Å². The molecule has 0 bridgehead atoms. The van der Waals surface area contributed by atoms with Crippen LogP contribution in [0.3, 0.4) is 0 Å². The summed E-state index contributed by atoms with van der Waals surface area (Å²) in [4.78, 5) is 10.3. The number of aromatic carboxylic acids is 1. The molecule has 62 valence electrons. The van der Waals surface area contributed by atoms with Crippen LogP contribution in [0.25, 0.3) is 0 Å². The van der Waals surface area contributed by atoms with Crippen LogP contribution in [0, 0.1) is 0 Å². The van der Waals surface area contributed by atoms with Crippen LogP contribution < -0.4 is 0 Å². The first-order valence-corrected chi connectivity index (χ1v) is 2.73. The van der Waals surface area contributed by atoms with Crippen LogP contribution in [0.5, 0.6) is 5.75 Å². The summed E-state index contributed by atoms with van der Waals surface area (Å²) in [6.45, 7) is 0. The van der Waals surface area contributed by atoms with Gasteiger partial charge in [-0.15, -0.1) is 0 Å². The fraction of sp³-hybridized carbons (Fsp3) is 0. The molecule has 0 amide bonds. The van der Waals surface area contributed by atoms with E-state index in [2.05, 4.69) is 0 Å². The number of carboxylic acids is 1. The van der Waals surface area contributed by atoms with Gasteiger partial charge in [-0.2, -0.15) is 0 Å². The van der Waals surface area contributed by atoms with Crippen molar-refractivity contribution >= 4 is 54.9 Å². The van der Waals surface area contributed by atoms with E-state index >= 15 is 0 Å². The monoisotopic (exact) mass is 294 g/mol. The number of benzene rings is 1. The first-order chi connectivity index (χ1) is 4.72. The number of rotatable bonds is 1. The van der Waals surface area contributed by atoms with Crippen LogP contribution in [0.1, 0.15) is 10.4 Å². The van der Waals surface area contributed by atoms with Gasteiger partial charge in [-0.3, -0.25) is 0 Å². The van der Waals surface area contributed by atoms with Crippen molar-refractivity contribution in [3.63, 3.8) is 0 Å². The zero-order valence-corrected chi connectivity index (χ0v) is 10.8. The van der Waals surface area contributed by atoms with Gasteiger partial charge in [0.25, 0.3) is 0 Å². The minimum atomic E-state index is -1.11. The second kappa shape index (κ2) is 6.53. The molecule has 0 aliphatic carbocycles. The van der Waals surface area contributed by atoms with Crippen molar-refractivity contribution < 1.29 is 20.5 Å². The Labute approximate surface area is 110 Å². The molecule has 0 aliphatic rings. The average molecular weight is 293 g/mol. The van der Waals surface area contributed by atoms with Crippen molar-refractivity contribution in [2.75, 3.05) is 0 Å². The number of carboxylic acid groups (broad SMARTS) is 1. The first-order valence-electron chi connectivity index (χ1n) is 2.73. The van der Waals surface area contributed by atoms with E-state index in [4.69, 9.17) is 10.2 Å². The summed E-state index contributed by atoms with van der Waals surface area (Å²) in [7, 11) is 0. The van der Waals surface area contributed by atoms with E-state index < -0.39 is 5.97 Å². The smallest absolute Gasteiger partial charge is 0.339 e. The van der Waals surface area contributed by atoms with Gasteiger partial charge in [-0.1, -0.05) is 12.1 Å². The topological polar surface area (TPSA) is 89.0 Å². The molecule has 0 atom stereocenters. The molecular weight excluding hydrogens is 285 g/mol. The molecule has 4 N–H and O–H groups in total. The molecule has 0 fully saturated rings. The van der Waals surface area contributed by atoms with Gasteiger partial charge in [0, 0.05) is 48.9 Å². The zero-order valence-electron chi connectivity index (χ0n) is 6.32. The standard InChI is InChI=1S/C7H6O3.Ba.H2O/c8-6-4-2-1-3-5(6)7(9)10;;/h1-4,8H,(H,9,10);;1H2. The molecule has 4 nitrogen and oxygen atoms in total. The largest absolute Gasteiger partial charge is 0.507 e. The predicted octanol–water partition coefficient (Wildman–Crippen LogP) is -0.115. The Morgan fingerprint density at radius 2 is 1.75 bits per heavy atom. The van der Waals surface area contributed by atoms with E-state index in [1.54, 1.807) is 12.1 Å². The van der Waals surface area contributed by atoms with E-state index in [0.717, 1.165) is 0 Å². The van der Waals surface area contributed by atoms with Gasteiger partial charge in [-0.25, -0.2) is 4.79 Å². The van der Waals surface area contributed by atoms with Crippen LogP contribution in [0.2, 0.25) is 0 Å². The van der Waals surface area contributed by atoms with Crippen molar-refractivity contribution in [3.05, 3.63) is 29.8 Å². The van der Waals surface area contributed by atoms with Crippen LogP contribution in [0.15, 0.2) is 24.3 Å². The second-order valence-corrected chi connectivity index (χ2v) is 1.82. The minimum absolute atomic E-state index is 0. The Kier molecular flexibility index (Phi) is 7.91. The van der Waals surface area contributed by atoms with Crippen LogP contribution >= 0.6 is 0 Å². The normalized spacial score (nSPS) is 7.67. The molecule has 0 aliphatic heterocycles. The third-order valence-electron chi connectivity index (χ3n) is 1.13. The van der Waals surface area contributed by atoms with Gasteiger partial charge < -0.3 is 15.7 Å². The van der Waals surface area contributed by atoms with Gasteiger partial charge in [0.1, 0.15) is 11.3 Å². The Bertz CT molecular complexity index is 261. The number of para-hydroxylation sites is 1. The molecule has 0 saturated heterocycles. The third kappa shape index (κ3) is 3.61. The molecule has 2 radical (unpaired) electrons. The summed E-state index contributed by atoms with van der Waals surface area (Å²) in [5.41, 5.74) is -0.0671. The molecule has 1 aromatic carbocycles. The Morgan fingerprint density at radius 3 is 2.08 bits per heavy atom. The Balaban J connectivity index is 0. The van der Waals surface area contributed by atoms with Gasteiger partial charge in [0.15, 0.2) is 0 Å². The summed E-state index contributed by atoms with van der Waals surface area (Å²) in [6, 6.07) is 5.81. The van der Waals surface area contributed by atoms with Gasteiger partial charge >= 0.3 is 5.97 Å². The van der Waals surface area contributed by atoms with E-state index in [1.807, 2.05) is 0 Å². The van der Waals surface area contributed by atoms with E-state index in [9.17, 15) is 4.79 Å². The number of carbonyl (C=O) groups is 1. The van der Waals surface area contributed by atoms with Crippen LogP contribution in [-0.2, 0) is 0 Å². The number of aromatic hydroxyl groups is 1. The second-order valence-electron chi connectivity index (χ2n) is 1.82. The van der Waals surface area contributed by atoms with Crippen LogP contribution in [0.4, 0.5) is 0 Å². The summed E-state index contributed by atoms with van der Waals surface area (Å²) in [6.07, 6.45) is 0. The van der Waals surface area contributed by atoms with E-state index in [-0.39, 0.29) is 65.7 Å². The van der Waals surface area contributed by atoms with E-state index in [0.29, 0.717) is 0 Å².